The van der Waals surface area contributed by atoms with E-state index in [0.717, 1.165) is 22.4 Å². The fourth-order valence-electron chi connectivity index (χ4n) is 3.43. The van der Waals surface area contributed by atoms with Crippen molar-refractivity contribution in [2.45, 2.75) is 13.8 Å². The van der Waals surface area contributed by atoms with Crippen LogP contribution >= 0.6 is 11.6 Å². The maximum absolute atomic E-state index is 12.9. The van der Waals surface area contributed by atoms with Gasteiger partial charge >= 0.3 is 0 Å². The van der Waals surface area contributed by atoms with Gasteiger partial charge in [-0.3, -0.25) is 9.59 Å². The molecule has 6 nitrogen and oxygen atoms in total. The van der Waals surface area contributed by atoms with Gasteiger partial charge in [-0.25, -0.2) is 9.97 Å². The number of piperazine rings is 1. The van der Waals surface area contributed by atoms with E-state index in [1.54, 1.807) is 46.2 Å². The molecule has 0 saturated carbocycles. The number of aromatic nitrogens is 2. The Kier molecular flexibility index (Phi) is 5.20. The van der Waals surface area contributed by atoms with Gasteiger partial charge in [0.05, 0.1) is 22.4 Å². The van der Waals surface area contributed by atoms with Crippen LogP contribution in [0, 0.1) is 13.8 Å². The summed E-state index contributed by atoms with van der Waals surface area (Å²) in [6.45, 7) is 5.82. The van der Waals surface area contributed by atoms with Gasteiger partial charge in [0.15, 0.2) is 0 Å². The standard InChI is InChI=1S/C22H21ClN4O2/c1-14-15(2)25-20-13-17(5-8-19(20)24-14)22(29)27-11-9-26(10-12-27)21(28)16-3-6-18(23)7-4-16/h3-8,13H,9-12H2,1-2H3. The lowest BCUT2D eigenvalue weighted by Crippen LogP contribution is -2.50. The van der Waals surface area contributed by atoms with Crippen molar-refractivity contribution < 1.29 is 9.59 Å². The number of aryl methyl sites for hydroxylation is 2. The molecule has 4 rings (SSSR count). The molecular formula is C22H21ClN4O2. The first-order chi connectivity index (χ1) is 13.9. The molecule has 0 spiro atoms. The Morgan fingerprint density at radius 3 is 1.83 bits per heavy atom. The Bertz CT molecular complexity index is 1090. The van der Waals surface area contributed by atoms with Gasteiger partial charge in [-0.05, 0) is 56.3 Å². The molecule has 0 N–H and O–H groups in total. The summed E-state index contributed by atoms with van der Waals surface area (Å²) < 4.78 is 0. The van der Waals surface area contributed by atoms with Crippen LogP contribution in [0.25, 0.3) is 11.0 Å². The van der Waals surface area contributed by atoms with E-state index in [1.165, 1.54) is 0 Å². The highest BCUT2D eigenvalue weighted by Gasteiger charge is 2.25. The van der Waals surface area contributed by atoms with Crippen molar-refractivity contribution in [3.05, 3.63) is 70.0 Å². The van der Waals surface area contributed by atoms with Gasteiger partial charge in [0, 0.05) is 42.3 Å². The first kappa shape index (κ1) is 19.3. The minimum atomic E-state index is -0.0504. The molecule has 0 unspecified atom stereocenters. The van der Waals surface area contributed by atoms with Gasteiger partial charge in [0.2, 0.25) is 0 Å². The molecule has 0 aliphatic carbocycles. The second-order valence-corrected chi connectivity index (χ2v) is 7.63. The zero-order chi connectivity index (χ0) is 20.5. The van der Waals surface area contributed by atoms with Gasteiger partial charge in [0.25, 0.3) is 11.8 Å². The molecule has 2 heterocycles. The van der Waals surface area contributed by atoms with Gasteiger partial charge in [-0.1, -0.05) is 11.6 Å². The SMILES string of the molecule is Cc1nc2ccc(C(=O)N3CCN(C(=O)c4ccc(Cl)cc4)CC3)cc2nc1C. The fraction of sp³-hybridized carbons (Fsp3) is 0.273. The minimum absolute atomic E-state index is 0.0411. The summed E-state index contributed by atoms with van der Waals surface area (Å²) in [5.41, 5.74) is 4.44. The van der Waals surface area contributed by atoms with Crippen LogP contribution < -0.4 is 0 Å². The van der Waals surface area contributed by atoms with E-state index in [2.05, 4.69) is 9.97 Å². The number of nitrogens with zero attached hydrogens (tertiary/aromatic N) is 4. The molecule has 0 radical (unpaired) electrons. The maximum atomic E-state index is 12.9. The third kappa shape index (κ3) is 3.93. The van der Waals surface area contributed by atoms with E-state index in [1.807, 2.05) is 19.9 Å². The highest BCUT2D eigenvalue weighted by Crippen LogP contribution is 2.18. The van der Waals surface area contributed by atoms with Crippen LogP contribution in [0.15, 0.2) is 42.5 Å². The molecule has 29 heavy (non-hydrogen) atoms. The molecule has 1 fully saturated rings. The van der Waals surface area contributed by atoms with E-state index < -0.39 is 0 Å². The molecule has 1 aliphatic heterocycles. The molecule has 3 aromatic rings. The zero-order valence-electron chi connectivity index (χ0n) is 16.4. The van der Waals surface area contributed by atoms with Crippen LogP contribution in [0.2, 0.25) is 5.02 Å². The van der Waals surface area contributed by atoms with Crippen molar-refractivity contribution in [2.75, 3.05) is 26.2 Å². The van der Waals surface area contributed by atoms with Crippen molar-refractivity contribution in [1.82, 2.24) is 19.8 Å². The molecule has 1 aromatic heterocycles. The molecule has 7 heteroatoms. The fourth-order valence-corrected chi connectivity index (χ4v) is 3.56. The first-order valence-corrected chi connectivity index (χ1v) is 9.89. The van der Waals surface area contributed by atoms with Gasteiger partial charge in [0.1, 0.15) is 0 Å². The number of carbonyl (C=O) groups excluding carboxylic acids is 2. The molecule has 2 amide bonds. The van der Waals surface area contributed by atoms with E-state index in [9.17, 15) is 9.59 Å². The third-order valence-corrected chi connectivity index (χ3v) is 5.52. The summed E-state index contributed by atoms with van der Waals surface area (Å²) in [6.07, 6.45) is 0. The van der Waals surface area contributed by atoms with E-state index in [0.29, 0.717) is 42.3 Å². The van der Waals surface area contributed by atoms with Crippen LogP contribution in [-0.4, -0.2) is 57.8 Å². The van der Waals surface area contributed by atoms with Crippen molar-refractivity contribution in [3.63, 3.8) is 0 Å². The van der Waals surface area contributed by atoms with E-state index in [-0.39, 0.29) is 11.8 Å². The first-order valence-electron chi connectivity index (χ1n) is 9.51. The lowest BCUT2D eigenvalue weighted by Gasteiger charge is -2.35. The maximum Gasteiger partial charge on any atom is 0.254 e. The average Bonchev–Trinajstić information content (AvgIpc) is 2.74. The highest BCUT2D eigenvalue weighted by atomic mass is 35.5. The number of amides is 2. The summed E-state index contributed by atoms with van der Waals surface area (Å²) in [6, 6.07) is 12.3. The van der Waals surface area contributed by atoms with E-state index >= 15 is 0 Å². The Labute approximate surface area is 174 Å². The Morgan fingerprint density at radius 1 is 0.759 bits per heavy atom. The van der Waals surface area contributed by atoms with Crippen LogP contribution in [0.4, 0.5) is 0 Å². The number of fused-ring (bicyclic) bond motifs is 1. The van der Waals surface area contributed by atoms with Crippen LogP contribution in [0.5, 0.6) is 0 Å². The number of benzene rings is 2. The molecular weight excluding hydrogens is 388 g/mol. The predicted octanol–water partition coefficient (Wildman–Crippen LogP) is 3.50. The smallest absolute Gasteiger partial charge is 0.254 e. The molecule has 0 bridgehead atoms. The number of halogens is 1. The minimum Gasteiger partial charge on any atom is -0.335 e. The molecule has 2 aromatic carbocycles. The number of carbonyl (C=O) groups is 2. The second-order valence-electron chi connectivity index (χ2n) is 7.19. The normalized spacial score (nSPS) is 14.3. The topological polar surface area (TPSA) is 66.4 Å². The number of rotatable bonds is 2. The largest absolute Gasteiger partial charge is 0.335 e. The lowest BCUT2D eigenvalue weighted by molar-refractivity contribution is 0.0535. The number of hydrogen-bond acceptors (Lipinski definition) is 4. The average molecular weight is 409 g/mol. The van der Waals surface area contributed by atoms with Crippen molar-refractivity contribution in [1.29, 1.82) is 0 Å². The summed E-state index contributed by atoms with van der Waals surface area (Å²) in [5, 5.41) is 0.599. The van der Waals surface area contributed by atoms with Crippen molar-refractivity contribution >= 4 is 34.4 Å². The van der Waals surface area contributed by atoms with Gasteiger partial charge in [-0.2, -0.15) is 0 Å². The Balaban J connectivity index is 1.45. The molecule has 1 saturated heterocycles. The molecule has 0 atom stereocenters. The number of hydrogen-bond donors (Lipinski definition) is 0. The van der Waals surface area contributed by atoms with Crippen molar-refractivity contribution in [3.8, 4) is 0 Å². The molecule has 1 aliphatic rings. The zero-order valence-corrected chi connectivity index (χ0v) is 17.1. The lowest BCUT2D eigenvalue weighted by atomic mass is 10.1. The summed E-state index contributed by atoms with van der Waals surface area (Å²) in [7, 11) is 0. The van der Waals surface area contributed by atoms with Crippen molar-refractivity contribution in [2.24, 2.45) is 0 Å². The Hall–Kier alpha value is -2.99. The summed E-state index contributed by atoms with van der Waals surface area (Å²) in [5.74, 6) is -0.0916. The van der Waals surface area contributed by atoms with Crippen LogP contribution in [-0.2, 0) is 0 Å². The summed E-state index contributed by atoms with van der Waals surface area (Å²) in [4.78, 5) is 38.2. The quantitative estimate of drug-likeness (QED) is 0.651. The third-order valence-electron chi connectivity index (χ3n) is 5.27. The van der Waals surface area contributed by atoms with Crippen LogP contribution in [0.1, 0.15) is 32.1 Å². The molecule has 148 valence electrons. The highest BCUT2D eigenvalue weighted by molar-refractivity contribution is 6.30. The van der Waals surface area contributed by atoms with Gasteiger partial charge < -0.3 is 9.80 Å². The Morgan fingerprint density at radius 2 is 1.24 bits per heavy atom. The van der Waals surface area contributed by atoms with Crippen LogP contribution in [0.3, 0.4) is 0 Å². The van der Waals surface area contributed by atoms with E-state index in [4.69, 9.17) is 11.6 Å². The predicted molar refractivity (Wildman–Crippen MR) is 112 cm³/mol. The summed E-state index contributed by atoms with van der Waals surface area (Å²) >= 11 is 5.89. The van der Waals surface area contributed by atoms with Gasteiger partial charge in [-0.15, -0.1) is 0 Å². The monoisotopic (exact) mass is 408 g/mol. The second kappa shape index (κ2) is 7.79.